The molecule has 0 amide bonds. The Balaban J connectivity index is 1.18. The van der Waals surface area contributed by atoms with Crippen molar-refractivity contribution in [2.24, 2.45) is 33.5 Å². The molecule has 3 N–H and O–H groups in total. The van der Waals surface area contributed by atoms with Crippen LogP contribution in [0.1, 0.15) is 88.1 Å². The molecule has 3 fully saturated rings. The van der Waals surface area contributed by atoms with E-state index in [2.05, 4.69) is 43.9 Å². The normalized spacial score (nSPS) is 37.5. The Morgan fingerprint density at radius 1 is 0.960 bits per heavy atom. The van der Waals surface area contributed by atoms with Gasteiger partial charge in [-0.3, -0.25) is 9.69 Å². The summed E-state index contributed by atoms with van der Waals surface area (Å²) in [6.45, 7) is 9.22. The standard InChI is InChI=1S/C43H57NO6/c1-5-23-44(26-33(46)28-50-27-30-9-7-6-8-10-30)29-42(48)20-17-37-40(42,3)19-16-36-39(2)18-15-32(45)24-41(39)21-22-43(36,37)35(25-41)38(47)31-11-13-34(49-4)14-12-31/h6-14,21-22,25,32-33,36-37,45-46,48H,5,15-20,23-24,26-29H2,1-4H3. The Kier molecular flexibility index (Phi) is 9.47. The van der Waals surface area contributed by atoms with Crippen LogP contribution < -0.4 is 4.74 Å². The highest BCUT2D eigenvalue weighted by atomic mass is 16.5. The second-order valence-corrected chi connectivity index (χ2v) is 16.8. The summed E-state index contributed by atoms with van der Waals surface area (Å²) in [6, 6.07) is 17.5. The number of ether oxygens (including phenoxy) is 2. The molecule has 0 heterocycles. The van der Waals surface area contributed by atoms with E-state index in [1.807, 2.05) is 54.6 Å². The number of nitrogens with zero attached hydrogens (tertiary/aromatic N) is 1. The van der Waals surface area contributed by atoms with Crippen LogP contribution in [0.2, 0.25) is 0 Å². The van der Waals surface area contributed by atoms with Gasteiger partial charge < -0.3 is 24.8 Å². The number of methoxy groups -OCH3 is 1. The maximum absolute atomic E-state index is 14.8. The van der Waals surface area contributed by atoms with E-state index in [-0.39, 0.29) is 41.2 Å². The number of hydrogen-bond donors (Lipinski definition) is 3. The molecule has 7 nitrogen and oxygen atoms in total. The van der Waals surface area contributed by atoms with Crippen molar-refractivity contribution in [1.82, 2.24) is 4.90 Å². The van der Waals surface area contributed by atoms with Gasteiger partial charge in [-0.2, -0.15) is 0 Å². The molecule has 2 aromatic carbocycles. The summed E-state index contributed by atoms with van der Waals surface area (Å²) in [5.41, 5.74) is 0.224. The first-order valence-corrected chi connectivity index (χ1v) is 19.0. The topological polar surface area (TPSA) is 99.5 Å². The fraction of sp³-hybridized carbons (Fsp3) is 0.605. The summed E-state index contributed by atoms with van der Waals surface area (Å²) in [5.74, 6) is 1.08. The summed E-state index contributed by atoms with van der Waals surface area (Å²) in [5, 5.41) is 35.0. The zero-order chi connectivity index (χ0) is 35.4. The minimum Gasteiger partial charge on any atom is -0.497 e. The van der Waals surface area contributed by atoms with Crippen LogP contribution in [-0.2, 0) is 11.3 Å². The smallest absolute Gasteiger partial charge is 0.189 e. The van der Waals surface area contributed by atoms with Crippen LogP contribution in [-0.4, -0.2) is 77.2 Å². The van der Waals surface area contributed by atoms with Crippen molar-refractivity contribution in [3.63, 3.8) is 0 Å². The molecule has 6 aliphatic carbocycles. The van der Waals surface area contributed by atoms with Gasteiger partial charge in [0.15, 0.2) is 5.78 Å². The molecular weight excluding hydrogens is 626 g/mol. The fourth-order valence-corrected chi connectivity index (χ4v) is 11.7. The van der Waals surface area contributed by atoms with E-state index in [1.165, 1.54) is 0 Å². The number of aliphatic hydroxyl groups excluding tert-OH is 2. The lowest BCUT2D eigenvalue weighted by Crippen LogP contribution is -2.67. The predicted octanol–water partition coefficient (Wildman–Crippen LogP) is 6.76. The first kappa shape index (κ1) is 35.6. The van der Waals surface area contributed by atoms with Gasteiger partial charge in [-0.25, -0.2) is 0 Å². The molecule has 7 heteroatoms. The minimum absolute atomic E-state index is 0.0504. The van der Waals surface area contributed by atoms with E-state index in [4.69, 9.17) is 9.47 Å². The monoisotopic (exact) mass is 683 g/mol. The first-order chi connectivity index (χ1) is 23.9. The largest absolute Gasteiger partial charge is 0.497 e. The van der Waals surface area contributed by atoms with Crippen molar-refractivity contribution >= 4 is 5.78 Å². The van der Waals surface area contributed by atoms with Crippen LogP contribution in [0.4, 0.5) is 0 Å². The van der Waals surface area contributed by atoms with Crippen LogP contribution in [0.25, 0.3) is 0 Å². The number of carbonyl (C=O) groups is 1. The van der Waals surface area contributed by atoms with E-state index in [1.54, 1.807) is 7.11 Å². The molecule has 270 valence electrons. The van der Waals surface area contributed by atoms with Crippen molar-refractivity contribution < 1.29 is 29.6 Å². The summed E-state index contributed by atoms with van der Waals surface area (Å²) < 4.78 is 11.3. The SMILES string of the molecule is CCCN(CC(O)COCc1ccccc1)CC1(O)CCC2C34C=CC5(C=C3C(=O)c3ccc(OC)cc3)CC(O)CCC5(C)C4CCC21C. The number of aliphatic hydroxyl groups is 3. The molecule has 8 rings (SSSR count). The van der Waals surface area contributed by atoms with Crippen LogP contribution >= 0.6 is 0 Å². The molecule has 2 aromatic rings. The third-order valence-electron chi connectivity index (χ3n) is 14.2. The van der Waals surface area contributed by atoms with E-state index in [9.17, 15) is 20.1 Å². The summed E-state index contributed by atoms with van der Waals surface area (Å²) in [6.07, 6.45) is 12.5. The summed E-state index contributed by atoms with van der Waals surface area (Å²) in [7, 11) is 1.63. The molecule has 3 saturated carbocycles. The van der Waals surface area contributed by atoms with Gasteiger partial charge in [0.05, 0.1) is 38.1 Å². The second kappa shape index (κ2) is 13.3. The third kappa shape index (κ3) is 5.54. The Labute approximate surface area is 298 Å². The Bertz CT molecular complexity index is 1610. The first-order valence-electron chi connectivity index (χ1n) is 19.0. The number of Topliss-reactive ketones (excluding diaryl/α,β-unsaturated/α-hetero) is 1. The van der Waals surface area contributed by atoms with Crippen molar-refractivity contribution in [1.29, 1.82) is 0 Å². The number of fused-ring (bicyclic) bond motifs is 1. The molecule has 0 saturated heterocycles. The van der Waals surface area contributed by atoms with E-state index < -0.39 is 22.5 Å². The molecule has 6 aliphatic rings. The average molecular weight is 684 g/mol. The van der Waals surface area contributed by atoms with Crippen molar-refractivity contribution in [3.05, 3.63) is 89.5 Å². The number of benzene rings is 2. The maximum atomic E-state index is 14.8. The Hall–Kier alpha value is -2.81. The van der Waals surface area contributed by atoms with Crippen molar-refractivity contribution in [3.8, 4) is 5.75 Å². The van der Waals surface area contributed by atoms with Gasteiger partial charge >= 0.3 is 0 Å². The molecule has 2 bridgehead atoms. The van der Waals surface area contributed by atoms with E-state index in [0.29, 0.717) is 43.9 Å². The molecule has 9 unspecified atom stereocenters. The number of ketones is 1. The zero-order valence-electron chi connectivity index (χ0n) is 30.4. The van der Waals surface area contributed by atoms with E-state index >= 15 is 0 Å². The van der Waals surface area contributed by atoms with Crippen molar-refractivity contribution in [2.75, 3.05) is 33.4 Å². The van der Waals surface area contributed by atoms with Crippen LogP contribution in [0.15, 0.2) is 78.4 Å². The van der Waals surface area contributed by atoms with Crippen LogP contribution in [0.5, 0.6) is 5.75 Å². The zero-order valence-corrected chi connectivity index (χ0v) is 30.4. The van der Waals surface area contributed by atoms with Gasteiger partial charge in [-0.05, 0) is 105 Å². The lowest BCUT2D eigenvalue weighted by molar-refractivity contribution is -0.177. The van der Waals surface area contributed by atoms with Gasteiger partial charge in [-0.1, -0.05) is 69.3 Å². The number of rotatable bonds is 13. The number of hydrogen-bond acceptors (Lipinski definition) is 7. The second-order valence-electron chi connectivity index (χ2n) is 16.8. The summed E-state index contributed by atoms with van der Waals surface area (Å²) >= 11 is 0. The van der Waals surface area contributed by atoms with Gasteiger partial charge in [-0.15, -0.1) is 0 Å². The Morgan fingerprint density at radius 2 is 1.66 bits per heavy atom. The average Bonchev–Trinajstić information content (AvgIpc) is 3.38. The molecule has 0 radical (unpaired) electrons. The predicted molar refractivity (Wildman–Crippen MR) is 195 cm³/mol. The lowest BCUT2D eigenvalue weighted by Gasteiger charge is -2.71. The third-order valence-corrected chi connectivity index (χ3v) is 14.2. The highest BCUT2D eigenvalue weighted by Crippen LogP contribution is 2.78. The fourth-order valence-electron chi connectivity index (χ4n) is 11.7. The molecule has 0 aliphatic heterocycles. The minimum atomic E-state index is -0.977. The molecular formula is C43H57NO6. The van der Waals surface area contributed by atoms with Crippen LogP contribution in [0, 0.1) is 33.5 Å². The quantitative estimate of drug-likeness (QED) is 0.159. The van der Waals surface area contributed by atoms with E-state index in [0.717, 1.165) is 56.2 Å². The van der Waals surface area contributed by atoms with Gasteiger partial charge in [0.2, 0.25) is 0 Å². The number of carbonyl (C=O) groups excluding carboxylic acids is 1. The van der Waals surface area contributed by atoms with Gasteiger partial charge in [0.1, 0.15) is 5.75 Å². The number of allylic oxidation sites excluding steroid dienone is 4. The Morgan fingerprint density at radius 3 is 2.38 bits per heavy atom. The molecule has 9 atom stereocenters. The van der Waals surface area contributed by atoms with Crippen LogP contribution in [0.3, 0.4) is 0 Å². The molecule has 50 heavy (non-hydrogen) atoms. The molecule has 2 spiro atoms. The summed E-state index contributed by atoms with van der Waals surface area (Å²) in [4.78, 5) is 17.0. The van der Waals surface area contributed by atoms with Crippen molar-refractivity contribution in [2.45, 2.75) is 96.6 Å². The highest BCUT2D eigenvalue weighted by Gasteiger charge is 2.74. The highest BCUT2D eigenvalue weighted by molar-refractivity contribution is 6.10. The maximum Gasteiger partial charge on any atom is 0.189 e. The van der Waals surface area contributed by atoms with Gasteiger partial charge in [0, 0.05) is 40.5 Å². The molecule has 0 aromatic heterocycles. The lowest BCUT2D eigenvalue weighted by atomic mass is 9.32. The van der Waals surface area contributed by atoms with Gasteiger partial charge in [0.25, 0.3) is 0 Å².